The summed E-state index contributed by atoms with van der Waals surface area (Å²) in [6.45, 7) is 5.11. The summed E-state index contributed by atoms with van der Waals surface area (Å²) in [5.41, 5.74) is 0.00192. The third-order valence-electron chi connectivity index (χ3n) is 4.38. The van der Waals surface area contributed by atoms with E-state index in [1.165, 1.54) is 6.07 Å². The van der Waals surface area contributed by atoms with Crippen molar-refractivity contribution in [2.24, 2.45) is 0 Å². The molecule has 1 atom stereocenters. The third kappa shape index (κ3) is 4.61. The molecular formula is C18H20ClF3N4O. The summed E-state index contributed by atoms with van der Waals surface area (Å²) < 4.78 is 43.7. The van der Waals surface area contributed by atoms with Crippen LogP contribution in [0.25, 0.3) is 0 Å². The topological polar surface area (TPSA) is 51.1 Å². The summed E-state index contributed by atoms with van der Waals surface area (Å²) in [6.07, 6.45) is -1.49. The van der Waals surface area contributed by atoms with Crippen LogP contribution in [0.5, 0.6) is 5.88 Å². The first-order valence-electron chi connectivity index (χ1n) is 8.75. The van der Waals surface area contributed by atoms with E-state index in [2.05, 4.69) is 15.0 Å². The van der Waals surface area contributed by atoms with Crippen molar-refractivity contribution in [1.29, 1.82) is 0 Å². The highest BCUT2D eigenvalue weighted by Crippen LogP contribution is 2.31. The first kappa shape index (κ1) is 19.7. The van der Waals surface area contributed by atoms with Crippen LogP contribution in [0.15, 0.2) is 18.3 Å². The first-order chi connectivity index (χ1) is 12.8. The van der Waals surface area contributed by atoms with Crippen LogP contribution in [0.3, 0.4) is 0 Å². The number of nitrogens with zero attached hydrogens (tertiary/aromatic N) is 4. The van der Waals surface area contributed by atoms with Crippen LogP contribution in [0.1, 0.15) is 36.8 Å². The molecule has 1 aliphatic rings. The van der Waals surface area contributed by atoms with Gasteiger partial charge in [-0.05, 0) is 32.3 Å². The molecule has 9 heteroatoms. The highest BCUT2D eigenvalue weighted by molar-refractivity contribution is 6.33. The number of anilines is 1. The average molecular weight is 401 g/mol. The zero-order chi connectivity index (χ0) is 19.6. The van der Waals surface area contributed by atoms with E-state index in [9.17, 15) is 13.2 Å². The predicted octanol–water partition coefficient (Wildman–Crippen LogP) is 4.46. The van der Waals surface area contributed by atoms with E-state index in [0.29, 0.717) is 29.6 Å². The normalized spacial score (nSPS) is 17.9. The van der Waals surface area contributed by atoms with E-state index in [1.807, 2.05) is 18.7 Å². The van der Waals surface area contributed by atoms with Gasteiger partial charge in [0, 0.05) is 18.8 Å². The molecule has 1 fully saturated rings. The van der Waals surface area contributed by atoms with Gasteiger partial charge in [0.25, 0.3) is 0 Å². The Bertz CT molecular complexity index is 798. The van der Waals surface area contributed by atoms with Crippen molar-refractivity contribution in [2.45, 2.75) is 45.4 Å². The van der Waals surface area contributed by atoms with Crippen molar-refractivity contribution in [3.05, 3.63) is 40.4 Å². The first-order valence-corrected chi connectivity index (χ1v) is 9.13. The Hall–Kier alpha value is -2.09. The van der Waals surface area contributed by atoms with Crippen LogP contribution in [-0.2, 0) is 12.6 Å². The van der Waals surface area contributed by atoms with Gasteiger partial charge in [0.1, 0.15) is 17.0 Å². The Balaban J connectivity index is 1.72. The smallest absolute Gasteiger partial charge is 0.417 e. The van der Waals surface area contributed by atoms with Gasteiger partial charge >= 0.3 is 6.18 Å². The molecule has 3 rings (SSSR count). The fourth-order valence-corrected chi connectivity index (χ4v) is 3.40. The summed E-state index contributed by atoms with van der Waals surface area (Å²) in [5, 5.41) is 0.538. The zero-order valence-electron chi connectivity index (χ0n) is 15.1. The van der Waals surface area contributed by atoms with Gasteiger partial charge in [-0.3, -0.25) is 0 Å². The van der Waals surface area contributed by atoms with Gasteiger partial charge in [-0.2, -0.15) is 13.2 Å². The SMILES string of the molecule is CCc1nc(C)nc(N2CCCC(Oc3ccc(C(F)(F)F)cn3)C2)c1Cl. The van der Waals surface area contributed by atoms with E-state index in [1.54, 1.807) is 0 Å². The van der Waals surface area contributed by atoms with E-state index in [4.69, 9.17) is 16.3 Å². The maximum Gasteiger partial charge on any atom is 0.417 e. The second kappa shape index (κ2) is 7.88. The summed E-state index contributed by atoms with van der Waals surface area (Å²) in [7, 11) is 0. The van der Waals surface area contributed by atoms with Gasteiger partial charge in [-0.25, -0.2) is 15.0 Å². The van der Waals surface area contributed by atoms with Crippen LogP contribution in [-0.4, -0.2) is 34.1 Å². The zero-order valence-corrected chi connectivity index (χ0v) is 15.8. The van der Waals surface area contributed by atoms with Gasteiger partial charge in [-0.1, -0.05) is 18.5 Å². The molecule has 0 aromatic carbocycles. The van der Waals surface area contributed by atoms with Crippen molar-refractivity contribution in [2.75, 3.05) is 18.0 Å². The number of pyridine rings is 1. The Morgan fingerprint density at radius 3 is 2.70 bits per heavy atom. The van der Waals surface area contributed by atoms with Crippen LogP contribution < -0.4 is 9.64 Å². The number of rotatable bonds is 4. The number of alkyl halides is 3. The summed E-state index contributed by atoms with van der Waals surface area (Å²) >= 11 is 6.46. The minimum atomic E-state index is -4.41. The second-order valence-corrected chi connectivity index (χ2v) is 6.80. The van der Waals surface area contributed by atoms with Gasteiger partial charge in [0.2, 0.25) is 5.88 Å². The molecule has 0 aliphatic carbocycles. The minimum Gasteiger partial charge on any atom is -0.472 e. The molecule has 0 radical (unpaired) electrons. The molecular weight excluding hydrogens is 381 g/mol. The van der Waals surface area contributed by atoms with Crippen molar-refractivity contribution < 1.29 is 17.9 Å². The average Bonchev–Trinajstić information content (AvgIpc) is 2.63. The quantitative estimate of drug-likeness (QED) is 0.758. The number of hydrogen-bond acceptors (Lipinski definition) is 5. The molecule has 2 aromatic rings. The van der Waals surface area contributed by atoms with Crippen LogP contribution in [0.2, 0.25) is 5.02 Å². The number of hydrogen-bond donors (Lipinski definition) is 0. The van der Waals surface area contributed by atoms with E-state index < -0.39 is 11.7 Å². The predicted molar refractivity (Wildman–Crippen MR) is 96.3 cm³/mol. The molecule has 0 bridgehead atoms. The monoisotopic (exact) mass is 400 g/mol. The fraction of sp³-hybridized carbons (Fsp3) is 0.500. The van der Waals surface area contributed by atoms with Gasteiger partial charge in [-0.15, -0.1) is 0 Å². The van der Waals surface area contributed by atoms with Crippen molar-refractivity contribution in [1.82, 2.24) is 15.0 Å². The molecule has 2 aromatic heterocycles. The number of ether oxygens (including phenoxy) is 1. The summed E-state index contributed by atoms with van der Waals surface area (Å²) in [6, 6.07) is 2.22. The summed E-state index contributed by atoms with van der Waals surface area (Å²) in [4.78, 5) is 14.7. The lowest BCUT2D eigenvalue weighted by molar-refractivity contribution is -0.137. The molecule has 0 spiro atoms. The molecule has 1 unspecified atom stereocenters. The Labute approximate surface area is 160 Å². The molecule has 5 nitrogen and oxygen atoms in total. The highest BCUT2D eigenvalue weighted by Gasteiger charge is 2.31. The van der Waals surface area contributed by atoms with Crippen LogP contribution in [0.4, 0.5) is 19.0 Å². The van der Waals surface area contributed by atoms with E-state index in [-0.39, 0.29) is 12.0 Å². The number of aromatic nitrogens is 3. The van der Waals surface area contributed by atoms with Gasteiger partial charge in [0.15, 0.2) is 5.82 Å². The van der Waals surface area contributed by atoms with Gasteiger partial charge in [0.05, 0.1) is 17.8 Å². The van der Waals surface area contributed by atoms with Gasteiger partial charge < -0.3 is 9.64 Å². The number of aryl methyl sites for hydroxylation is 2. The Morgan fingerprint density at radius 2 is 2.07 bits per heavy atom. The molecule has 0 saturated carbocycles. The van der Waals surface area contributed by atoms with E-state index >= 15 is 0 Å². The molecule has 3 heterocycles. The standard InChI is InChI=1S/C18H20ClF3N4O/c1-3-14-16(19)17(25-11(2)24-14)26-8-4-5-13(10-26)27-15-7-6-12(9-23-15)18(20,21)22/h6-7,9,13H,3-5,8,10H2,1-2H3. The van der Waals surface area contributed by atoms with Crippen molar-refractivity contribution in [3.8, 4) is 5.88 Å². The van der Waals surface area contributed by atoms with Crippen LogP contribution >= 0.6 is 11.6 Å². The number of halogens is 4. The number of piperidine rings is 1. The highest BCUT2D eigenvalue weighted by atomic mass is 35.5. The summed E-state index contributed by atoms with van der Waals surface area (Å²) in [5.74, 6) is 1.50. The van der Waals surface area contributed by atoms with Crippen molar-refractivity contribution >= 4 is 17.4 Å². The Morgan fingerprint density at radius 1 is 1.30 bits per heavy atom. The molecule has 1 aliphatic heterocycles. The lowest BCUT2D eigenvalue weighted by atomic mass is 10.1. The Kier molecular flexibility index (Phi) is 5.74. The molecule has 0 N–H and O–H groups in total. The molecule has 0 amide bonds. The van der Waals surface area contributed by atoms with Crippen LogP contribution in [0, 0.1) is 6.92 Å². The van der Waals surface area contributed by atoms with Crippen molar-refractivity contribution in [3.63, 3.8) is 0 Å². The molecule has 146 valence electrons. The largest absolute Gasteiger partial charge is 0.472 e. The van der Waals surface area contributed by atoms with E-state index in [0.717, 1.165) is 37.3 Å². The third-order valence-corrected chi connectivity index (χ3v) is 4.76. The fourth-order valence-electron chi connectivity index (χ4n) is 3.06. The second-order valence-electron chi connectivity index (χ2n) is 6.42. The molecule has 27 heavy (non-hydrogen) atoms. The molecule has 1 saturated heterocycles. The lowest BCUT2D eigenvalue weighted by Crippen LogP contribution is -2.42. The maximum absolute atomic E-state index is 12.6. The minimum absolute atomic E-state index is 0.175. The lowest BCUT2D eigenvalue weighted by Gasteiger charge is -2.34. The maximum atomic E-state index is 12.6.